The topological polar surface area (TPSA) is 85.3 Å². The monoisotopic (exact) mass is 515 g/mol. The molecule has 1 N–H and O–H groups in total. The van der Waals surface area contributed by atoms with Crippen LogP contribution in [0.4, 0.5) is 0 Å². The van der Waals surface area contributed by atoms with Gasteiger partial charge in [-0.2, -0.15) is 0 Å². The van der Waals surface area contributed by atoms with E-state index in [1.807, 2.05) is 43.3 Å². The van der Waals surface area contributed by atoms with Gasteiger partial charge in [-0.05, 0) is 48.7 Å². The highest BCUT2D eigenvalue weighted by molar-refractivity contribution is 6.46. The molecule has 7 heteroatoms. The average Bonchev–Trinajstić information content (AvgIpc) is 3.18. The molecule has 1 aliphatic heterocycles. The predicted octanol–water partition coefficient (Wildman–Crippen LogP) is 5.89. The lowest BCUT2D eigenvalue weighted by Gasteiger charge is -2.26. The Morgan fingerprint density at radius 1 is 0.921 bits per heavy atom. The Morgan fingerprint density at radius 3 is 2.42 bits per heavy atom. The number of likely N-dealkylation sites (tertiary alicyclic amines) is 1. The summed E-state index contributed by atoms with van der Waals surface area (Å²) in [6.45, 7) is 5.16. The molecule has 38 heavy (non-hydrogen) atoms. The first-order valence-corrected chi connectivity index (χ1v) is 12.8. The second-order valence-corrected chi connectivity index (χ2v) is 8.99. The highest BCUT2D eigenvalue weighted by Crippen LogP contribution is 2.43. The van der Waals surface area contributed by atoms with Crippen molar-refractivity contribution in [2.75, 3.05) is 20.3 Å². The number of hydrogen-bond acceptors (Lipinski definition) is 6. The van der Waals surface area contributed by atoms with Crippen molar-refractivity contribution in [3.63, 3.8) is 0 Å². The molecule has 1 heterocycles. The fraction of sp³-hybridized carbons (Fsp3) is 0.290. The standard InChI is InChI=1S/C31H33NO6/c1-4-6-17-38-25-16-15-22(19-26(25)36-3)28-27(29(33)23-13-10-14-24(18-23)37-5-2)30(34)31(35)32(28)20-21-11-8-7-9-12-21/h7-16,18-19,28,33H,4-6,17,20H2,1-3H3/b29-27+. The third-order valence-corrected chi connectivity index (χ3v) is 6.41. The number of ketones is 1. The van der Waals surface area contributed by atoms with Gasteiger partial charge >= 0.3 is 0 Å². The van der Waals surface area contributed by atoms with Crippen LogP contribution in [-0.2, 0) is 16.1 Å². The first-order valence-electron chi connectivity index (χ1n) is 12.8. The lowest BCUT2D eigenvalue weighted by Crippen LogP contribution is -2.29. The maximum atomic E-state index is 13.4. The molecule has 1 atom stereocenters. The van der Waals surface area contributed by atoms with Crippen molar-refractivity contribution in [1.29, 1.82) is 0 Å². The Kier molecular flexibility index (Phi) is 8.69. The Morgan fingerprint density at radius 2 is 1.71 bits per heavy atom. The summed E-state index contributed by atoms with van der Waals surface area (Å²) in [7, 11) is 1.55. The van der Waals surface area contributed by atoms with E-state index in [2.05, 4.69) is 6.92 Å². The molecule has 3 aromatic carbocycles. The van der Waals surface area contributed by atoms with Gasteiger partial charge in [0.15, 0.2) is 11.5 Å². The molecule has 7 nitrogen and oxygen atoms in total. The molecule has 1 unspecified atom stereocenters. The molecule has 4 rings (SSSR count). The zero-order chi connectivity index (χ0) is 27.1. The van der Waals surface area contributed by atoms with E-state index in [-0.39, 0.29) is 17.9 Å². The van der Waals surface area contributed by atoms with E-state index < -0.39 is 17.7 Å². The zero-order valence-electron chi connectivity index (χ0n) is 22.0. The number of methoxy groups -OCH3 is 1. The number of amides is 1. The number of nitrogens with zero attached hydrogens (tertiary/aromatic N) is 1. The Labute approximate surface area is 223 Å². The first-order chi connectivity index (χ1) is 18.5. The van der Waals surface area contributed by atoms with Crippen LogP contribution in [0.2, 0.25) is 0 Å². The van der Waals surface area contributed by atoms with Crippen molar-refractivity contribution in [1.82, 2.24) is 4.90 Å². The van der Waals surface area contributed by atoms with Crippen LogP contribution in [-0.4, -0.2) is 42.0 Å². The van der Waals surface area contributed by atoms with Crippen LogP contribution < -0.4 is 14.2 Å². The number of Topliss-reactive ketones (excluding diaryl/α,β-unsaturated/α-hetero) is 1. The molecule has 0 aliphatic carbocycles. The molecule has 3 aromatic rings. The number of carbonyl (C=O) groups is 2. The first kappa shape index (κ1) is 26.8. The van der Waals surface area contributed by atoms with Gasteiger partial charge in [-0.3, -0.25) is 9.59 Å². The molecule has 1 saturated heterocycles. The van der Waals surface area contributed by atoms with Crippen LogP contribution in [0.15, 0.2) is 78.4 Å². The Hall–Kier alpha value is -4.26. The summed E-state index contributed by atoms with van der Waals surface area (Å²) in [5.74, 6) is -0.0537. The van der Waals surface area contributed by atoms with Crippen molar-refractivity contribution in [3.05, 3.63) is 95.1 Å². The van der Waals surface area contributed by atoms with Gasteiger partial charge in [0.05, 0.1) is 31.9 Å². The van der Waals surface area contributed by atoms with Crippen molar-refractivity contribution < 1.29 is 28.9 Å². The number of hydrogen-bond donors (Lipinski definition) is 1. The maximum Gasteiger partial charge on any atom is 0.295 e. The second-order valence-electron chi connectivity index (χ2n) is 8.99. The highest BCUT2D eigenvalue weighted by Gasteiger charge is 2.46. The van der Waals surface area contributed by atoms with Crippen molar-refractivity contribution in [3.8, 4) is 17.2 Å². The van der Waals surface area contributed by atoms with Gasteiger partial charge in [-0.25, -0.2) is 0 Å². The summed E-state index contributed by atoms with van der Waals surface area (Å²) in [6, 6.07) is 20.8. The SMILES string of the molecule is CCCCOc1ccc(C2/C(=C(\O)c3cccc(OCC)c3)C(=O)C(=O)N2Cc2ccccc2)cc1OC. The normalized spacial score (nSPS) is 16.5. The zero-order valence-corrected chi connectivity index (χ0v) is 22.0. The summed E-state index contributed by atoms with van der Waals surface area (Å²) < 4.78 is 17.1. The molecular formula is C31H33NO6. The number of aliphatic hydroxyl groups is 1. The maximum absolute atomic E-state index is 13.4. The van der Waals surface area contributed by atoms with Crippen LogP contribution in [0.3, 0.4) is 0 Å². The quantitative estimate of drug-likeness (QED) is 0.148. The summed E-state index contributed by atoms with van der Waals surface area (Å²) in [4.78, 5) is 28.3. The number of aliphatic hydroxyl groups excluding tert-OH is 1. The molecule has 0 bridgehead atoms. The van der Waals surface area contributed by atoms with Gasteiger partial charge in [-0.1, -0.05) is 61.9 Å². The van der Waals surface area contributed by atoms with Gasteiger partial charge < -0.3 is 24.2 Å². The van der Waals surface area contributed by atoms with Crippen LogP contribution in [0, 0.1) is 0 Å². The lowest BCUT2D eigenvalue weighted by molar-refractivity contribution is -0.140. The van der Waals surface area contributed by atoms with E-state index in [9.17, 15) is 14.7 Å². The summed E-state index contributed by atoms with van der Waals surface area (Å²) in [5.41, 5.74) is 1.90. The largest absolute Gasteiger partial charge is 0.507 e. The van der Waals surface area contributed by atoms with Gasteiger partial charge in [0.2, 0.25) is 0 Å². The molecule has 1 amide bonds. The van der Waals surface area contributed by atoms with E-state index in [0.29, 0.717) is 41.6 Å². The van der Waals surface area contributed by atoms with Crippen molar-refractivity contribution in [2.45, 2.75) is 39.3 Å². The predicted molar refractivity (Wildman–Crippen MR) is 145 cm³/mol. The molecule has 1 aliphatic rings. The molecule has 0 spiro atoms. The number of rotatable bonds is 11. The molecule has 0 radical (unpaired) electrons. The Balaban J connectivity index is 1.83. The van der Waals surface area contributed by atoms with Crippen LogP contribution in [0.25, 0.3) is 5.76 Å². The van der Waals surface area contributed by atoms with E-state index in [4.69, 9.17) is 14.2 Å². The van der Waals surface area contributed by atoms with E-state index in [1.54, 1.807) is 43.5 Å². The fourth-order valence-corrected chi connectivity index (χ4v) is 4.53. The minimum absolute atomic E-state index is 0.0151. The second kappa shape index (κ2) is 12.3. The molecular weight excluding hydrogens is 482 g/mol. The molecule has 1 fully saturated rings. The molecule has 0 saturated carbocycles. The van der Waals surface area contributed by atoms with E-state index >= 15 is 0 Å². The minimum Gasteiger partial charge on any atom is -0.507 e. The van der Waals surface area contributed by atoms with Crippen molar-refractivity contribution >= 4 is 17.4 Å². The minimum atomic E-state index is -0.829. The van der Waals surface area contributed by atoms with Crippen LogP contribution in [0.1, 0.15) is 49.4 Å². The summed E-state index contributed by atoms with van der Waals surface area (Å²) in [5, 5.41) is 11.4. The number of unbranched alkanes of at least 4 members (excludes halogenated alkanes) is 1. The van der Waals surface area contributed by atoms with Crippen molar-refractivity contribution in [2.24, 2.45) is 0 Å². The average molecular weight is 516 g/mol. The summed E-state index contributed by atoms with van der Waals surface area (Å²) in [6.07, 6.45) is 1.90. The lowest BCUT2D eigenvalue weighted by atomic mass is 9.94. The number of ether oxygens (including phenoxy) is 3. The van der Waals surface area contributed by atoms with Crippen LogP contribution >= 0.6 is 0 Å². The smallest absolute Gasteiger partial charge is 0.295 e. The number of benzene rings is 3. The molecule has 198 valence electrons. The van der Waals surface area contributed by atoms with Gasteiger partial charge in [0, 0.05) is 12.1 Å². The third kappa shape index (κ3) is 5.67. The van der Waals surface area contributed by atoms with E-state index in [1.165, 1.54) is 4.90 Å². The van der Waals surface area contributed by atoms with Crippen LogP contribution in [0.5, 0.6) is 17.2 Å². The van der Waals surface area contributed by atoms with Gasteiger partial charge in [-0.15, -0.1) is 0 Å². The summed E-state index contributed by atoms with van der Waals surface area (Å²) >= 11 is 0. The van der Waals surface area contributed by atoms with Gasteiger partial charge in [0.1, 0.15) is 11.5 Å². The molecule has 0 aromatic heterocycles. The number of carbonyl (C=O) groups excluding carboxylic acids is 2. The van der Waals surface area contributed by atoms with Gasteiger partial charge in [0.25, 0.3) is 11.7 Å². The van der Waals surface area contributed by atoms with E-state index in [0.717, 1.165) is 18.4 Å². The highest BCUT2D eigenvalue weighted by atomic mass is 16.5. The third-order valence-electron chi connectivity index (χ3n) is 6.41. The Bertz CT molecular complexity index is 1320. The fourth-order valence-electron chi connectivity index (χ4n) is 4.53.